The van der Waals surface area contributed by atoms with Gasteiger partial charge in [0.05, 0.1) is 0 Å². The van der Waals surface area contributed by atoms with Crippen molar-refractivity contribution in [3.63, 3.8) is 0 Å². The van der Waals surface area contributed by atoms with Gasteiger partial charge in [0, 0.05) is 0 Å². The zero-order chi connectivity index (χ0) is 4.50. The minimum atomic E-state index is 0. The third kappa shape index (κ3) is 95.9. The average molecular weight is 159 g/mol. The van der Waals surface area contributed by atoms with Gasteiger partial charge >= 0.3 is 42.0 Å². The summed E-state index contributed by atoms with van der Waals surface area (Å²) >= 11 is 1.17. The van der Waals surface area contributed by atoms with E-state index in [0.717, 1.165) is 0 Å². The van der Waals surface area contributed by atoms with Gasteiger partial charge in [0.2, 0.25) is 0 Å². The first-order chi connectivity index (χ1) is 2.00. The first-order valence-electron chi connectivity index (χ1n) is 1.64. The summed E-state index contributed by atoms with van der Waals surface area (Å²) in [6.45, 7) is 4.04. The molecule has 6 heavy (non-hydrogen) atoms. The molecular formula is C3H8ClNZn. The second-order valence-electron chi connectivity index (χ2n) is 1.99. The van der Waals surface area contributed by atoms with Gasteiger partial charge in [0.25, 0.3) is 0 Å². The fourth-order valence-electron chi connectivity index (χ4n) is 0. The molecule has 34 valence electrons. The zero-order valence-corrected chi connectivity index (χ0v) is 7.89. The van der Waals surface area contributed by atoms with Crippen LogP contribution in [0.3, 0.4) is 0 Å². The number of nitrogens with two attached hydrogens (primary N) is 1. The van der Waals surface area contributed by atoms with Gasteiger partial charge in [-0.25, -0.2) is 0 Å². The Morgan fingerprint density at radius 1 is 1.50 bits per heavy atom. The number of hydrogen-bond acceptors (Lipinski definition) is 1. The van der Waals surface area contributed by atoms with E-state index in [1.165, 1.54) is 18.3 Å². The maximum absolute atomic E-state index is 5.41. The number of halogens is 1. The SMILES string of the molecule is C[C](C)(N)[Zn+].[Cl-]. The Kier molecular flexibility index (Phi) is 4.91. The Morgan fingerprint density at radius 3 is 1.50 bits per heavy atom. The molecular weight excluding hydrogens is 151 g/mol. The Labute approximate surface area is 54.8 Å². The third-order valence-corrected chi connectivity index (χ3v) is 0. The van der Waals surface area contributed by atoms with Crippen LogP contribution in [-0.4, -0.2) is 4.13 Å². The fourth-order valence-corrected chi connectivity index (χ4v) is 0. The van der Waals surface area contributed by atoms with Crippen LogP contribution in [0.1, 0.15) is 13.8 Å². The van der Waals surface area contributed by atoms with E-state index >= 15 is 0 Å². The predicted octanol–water partition coefficient (Wildman–Crippen LogP) is -2.77. The summed E-state index contributed by atoms with van der Waals surface area (Å²) in [5.74, 6) is 0. The van der Waals surface area contributed by atoms with Crippen LogP contribution >= 0.6 is 0 Å². The minimum Gasteiger partial charge on any atom is -1.00 e. The van der Waals surface area contributed by atoms with Crippen LogP contribution in [0.5, 0.6) is 0 Å². The summed E-state index contributed by atoms with van der Waals surface area (Å²) < 4.78 is 0.125. The quantitative estimate of drug-likeness (QED) is 0.380. The molecule has 0 atom stereocenters. The molecule has 0 aliphatic rings. The van der Waals surface area contributed by atoms with E-state index in [2.05, 4.69) is 0 Å². The summed E-state index contributed by atoms with van der Waals surface area (Å²) in [6, 6.07) is 0. The fraction of sp³-hybridized carbons (Fsp3) is 1.00. The molecule has 0 fully saturated rings. The van der Waals surface area contributed by atoms with Crippen molar-refractivity contribution in [3.05, 3.63) is 0 Å². The molecule has 0 aromatic rings. The molecule has 0 saturated carbocycles. The van der Waals surface area contributed by atoms with Crippen LogP contribution in [0.4, 0.5) is 0 Å². The molecule has 2 N–H and O–H groups in total. The molecule has 1 nitrogen and oxygen atoms in total. The smallest absolute Gasteiger partial charge is 1.00 e. The molecule has 0 amide bonds. The number of rotatable bonds is 0. The summed E-state index contributed by atoms with van der Waals surface area (Å²) in [5.41, 5.74) is 5.41. The van der Waals surface area contributed by atoms with Crippen LogP contribution in [0.15, 0.2) is 0 Å². The van der Waals surface area contributed by atoms with Crippen molar-refractivity contribution in [2.45, 2.75) is 18.0 Å². The maximum atomic E-state index is 5.41. The number of hydrogen-bond donors (Lipinski definition) is 1. The van der Waals surface area contributed by atoms with Gasteiger partial charge in [-0.2, -0.15) is 0 Å². The molecule has 0 aromatic carbocycles. The van der Waals surface area contributed by atoms with Crippen molar-refractivity contribution in [3.8, 4) is 0 Å². The van der Waals surface area contributed by atoms with Crippen molar-refractivity contribution in [2.75, 3.05) is 0 Å². The average Bonchev–Trinajstić information content (AvgIpc) is 0.722. The largest absolute Gasteiger partial charge is 1.00 e. The predicted molar refractivity (Wildman–Crippen MR) is 18.3 cm³/mol. The zero-order valence-electron chi connectivity index (χ0n) is 4.16. The van der Waals surface area contributed by atoms with Gasteiger partial charge in [-0.3, -0.25) is 0 Å². The Hall–Kier alpha value is 0.873. The Morgan fingerprint density at radius 2 is 1.50 bits per heavy atom. The molecule has 0 spiro atoms. The molecule has 3 heteroatoms. The van der Waals surface area contributed by atoms with E-state index < -0.39 is 0 Å². The Bertz CT molecular complexity index is 26.3. The van der Waals surface area contributed by atoms with Gasteiger partial charge in [-0.15, -0.1) is 0 Å². The Balaban J connectivity index is 0. The van der Waals surface area contributed by atoms with Crippen LogP contribution in [0.2, 0.25) is 0 Å². The molecule has 0 aliphatic heterocycles. The maximum Gasteiger partial charge on any atom is -1.00 e. The first kappa shape index (κ1) is 9.98. The van der Waals surface area contributed by atoms with Crippen LogP contribution < -0.4 is 18.1 Å². The molecule has 0 rings (SSSR count). The normalized spacial score (nSPS) is 10.2. The van der Waals surface area contributed by atoms with Crippen LogP contribution in [0, 0.1) is 0 Å². The second-order valence-corrected chi connectivity index (χ2v) is 5.81. The van der Waals surface area contributed by atoms with Crippen molar-refractivity contribution in [2.24, 2.45) is 5.73 Å². The van der Waals surface area contributed by atoms with Gasteiger partial charge < -0.3 is 12.4 Å². The van der Waals surface area contributed by atoms with Crippen molar-refractivity contribution >= 4 is 0 Å². The summed E-state index contributed by atoms with van der Waals surface area (Å²) in [5, 5.41) is 0. The van der Waals surface area contributed by atoms with E-state index in [4.69, 9.17) is 5.73 Å². The van der Waals surface area contributed by atoms with E-state index in [1.807, 2.05) is 13.8 Å². The third-order valence-electron chi connectivity index (χ3n) is 0. The molecule has 0 bridgehead atoms. The second kappa shape index (κ2) is 2.95. The molecule has 0 aliphatic carbocycles. The van der Waals surface area contributed by atoms with Crippen molar-refractivity contribution in [1.29, 1.82) is 0 Å². The van der Waals surface area contributed by atoms with Crippen LogP contribution in [0.25, 0.3) is 0 Å². The van der Waals surface area contributed by atoms with E-state index in [0.29, 0.717) is 0 Å². The molecule has 0 radical (unpaired) electrons. The summed E-state index contributed by atoms with van der Waals surface area (Å²) in [4.78, 5) is 0. The summed E-state index contributed by atoms with van der Waals surface area (Å²) in [6.07, 6.45) is 0. The van der Waals surface area contributed by atoms with E-state index in [1.54, 1.807) is 0 Å². The molecule has 0 unspecified atom stereocenters. The molecule has 0 saturated heterocycles. The van der Waals surface area contributed by atoms with Gasteiger partial charge in [-0.1, -0.05) is 0 Å². The molecule has 0 aromatic heterocycles. The van der Waals surface area contributed by atoms with E-state index in [9.17, 15) is 0 Å². The first-order valence-corrected chi connectivity index (χ1v) is 3.13. The van der Waals surface area contributed by atoms with Crippen molar-refractivity contribution < 1.29 is 30.7 Å². The molecule has 0 heterocycles. The van der Waals surface area contributed by atoms with Crippen molar-refractivity contribution in [1.82, 2.24) is 0 Å². The van der Waals surface area contributed by atoms with Gasteiger partial charge in [-0.05, 0) is 0 Å². The topological polar surface area (TPSA) is 26.0 Å². The van der Waals surface area contributed by atoms with Gasteiger partial charge in [0.1, 0.15) is 0 Å². The summed E-state index contributed by atoms with van der Waals surface area (Å²) in [7, 11) is 0. The van der Waals surface area contributed by atoms with E-state index in [-0.39, 0.29) is 16.5 Å². The monoisotopic (exact) mass is 157 g/mol. The van der Waals surface area contributed by atoms with Gasteiger partial charge in [0.15, 0.2) is 0 Å². The standard InChI is InChI=1S/C3H8N.ClH.Zn/c1-3(2)4;;/h4H2,1-2H3;1H;/q;;+1/p-1. The minimum absolute atomic E-state index is 0. The van der Waals surface area contributed by atoms with Crippen LogP contribution in [-0.2, 0) is 18.3 Å².